The van der Waals surface area contributed by atoms with Crippen LogP contribution in [0.4, 0.5) is 0 Å². The van der Waals surface area contributed by atoms with Crippen molar-refractivity contribution in [3.8, 4) is 5.75 Å². The number of ketones is 1. The molecule has 0 bridgehead atoms. The lowest BCUT2D eigenvalue weighted by Crippen LogP contribution is -2.19. The lowest BCUT2D eigenvalue weighted by Gasteiger charge is -2.18. The smallest absolute Gasteiger partial charge is 0.195 e. The van der Waals surface area contributed by atoms with Gasteiger partial charge in [0.05, 0.1) is 0 Å². The molecule has 5 rings (SSSR count). The van der Waals surface area contributed by atoms with Crippen LogP contribution >= 0.6 is 11.3 Å². The lowest BCUT2D eigenvalue weighted by atomic mass is 10.0. The van der Waals surface area contributed by atoms with E-state index in [1.54, 1.807) is 24.3 Å². The Labute approximate surface area is 257 Å². The lowest BCUT2D eigenvalue weighted by molar-refractivity contribution is -0.124. The Bertz CT molecular complexity index is 1820. The molecule has 220 valence electrons. The van der Waals surface area contributed by atoms with Crippen LogP contribution in [0.3, 0.4) is 0 Å². The highest BCUT2D eigenvalue weighted by Gasteiger charge is 2.15. The van der Waals surface area contributed by atoms with E-state index < -0.39 is 6.10 Å². The molecule has 43 heavy (non-hydrogen) atoms. The molecule has 0 radical (unpaired) electrons. The van der Waals surface area contributed by atoms with Gasteiger partial charge in [0.2, 0.25) is 0 Å². The van der Waals surface area contributed by atoms with E-state index in [4.69, 9.17) is 9.47 Å². The van der Waals surface area contributed by atoms with Gasteiger partial charge in [-0.25, -0.2) is 0 Å². The highest BCUT2D eigenvalue weighted by atomic mass is 32.1. The van der Waals surface area contributed by atoms with E-state index in [0.29, 0.717) is 6.61 Å². The fourth-order valence-electron chi connectivity index (χ4n) is 5.27. The highest BCUT2D eigenvalue weighted by molar-refractivity contribution is 7.24. The van der Waals surface area contributed by atoms with Gasteiger partial charge in [-0.3, -0.25) is 9.59 Å². The molecule has 0 spiro atoms. The molecule has 1 heterocycles. The summed E-state index contributed by atoms with van der Waals surface area (Å²) in [5.41, 5.74) is 5.93. The topological polar surface area (TPSA) is 52.6 Å². The van der Waals surface area contributed by atoms with Gasteiger partial charge in [-0.2, -0.15) is 0 Å². The summed E-state index contributed by atoms with van der Waals surface area (Å²) in [6.45, 7) is 8.68. The molecule has 0 aliphatic heterocycles. The summed E-state index contributed by atoms with van der Waals surface area (Å²) in [7, 11) is 0. The third-order valence-corrected chi connectivity index (χ3v) is 8.93. The van der Waals surface area contributed by atoms with Crippen molar-refractivity contribution < 1.29 is 14.3 Å². The molecule has 1 aromatic heterocycles. The minimum Gasteiger partial charge on any atom is -0.486 e. The average molecular weight is 591 g/mol. The molecule has 0 amide bonds. The van der Waals surface area contributed by atoms with Gasteiger partial charge in [-0.15, -0.1) is 11.3 Å². The van der Waals surface area contributed by atoms with Crippen LogP contribution in [0.15, 0.2) is 95.8 Å². The molecule has 4 nitrogen and oxygen atoms in total. The number of rotatable bonds is 12. The monoisotopic (exact) mass is 590 g/mol. The van der Waals surface area contributed by atoms with Crippen molar-refractivity contribution >= 4 is 43.4 Å². The van der Waals surface area contributed by atoms with E-state index in [1.807, 2.05) is 66.7 Å². The van der Waals surface area contributed by atoms with Crippen LogP contribution in [0, 0.1) is 13.8 Å². The zero-order valence-electron chi connectivity index (χ0n) is 25.3. The first-order chi connectivity index (χ1) is 20.8. The van der Waals surface area contributed by atoms with E-state index in [1.165, 1.54) is 16.7 Å². The van der Waals surface area contributed by atoms with Crippen LogP contribution in [-0.2, 0) is 16.0 Å². The first-order valence-electron chi connectivity index (χ1n) is 14.9. The number of carbonyl (C=O) groups excluding carboxylic acids is 1. The average Bonchev–Trinajstić information content (AvgIpc) is 3.02. The van der Waals surface area contributed by atoms with E-state index in [2.05, 4.69) is 45.0 Å². The van der Waals surface area contributed by atoms with Crippen LogP contribution in [0.1, 0.15) is 60.6 Å². The third-order valence-electron chi connectivity index (χ3n) is 7.80. The van der Waals surface area contributed by atoms with E-state index in [9.17, 15) is 9.59 Å². The molecular weight excluding hydrogens is 552 g/mol. The zero-order chi connectivity index (χ0) is 30.3. The predicted octanol–water partition coefficient (Wildman–Crippen LogP) is 9.18. The zero-order valence-corrected chi connectivity index (χ0v) is 26.1. The van der Waals surface area contributed by atoms with E-state index >= 15 is 0 Å². The Morgan fingerprint density at radius 1 is 0.907 bits per heavy atom. The molecule has 5 aromatic rings. The van der Waals surface area contributed by atoms with Crippen molar-refractivity contribution in [2.45, 2.75) is 59.2 Å². The summed E-state index contributed by atoms with van der Waals surface area (Å²) in [5, 5.41) is 1.50. The fourth-order valence-corrected chi connectivity index (χ4v) is 6.39. The maximum absolute atomic E-state index is 13.0. The van der Waals surface area contributed by atoms with Crippen LogP contribution in [0.5, 0.6) is 5.75 Å². The summed E-state index contributed by atoms with van der Waals surface area (Å²) in [6.07, 6.45) is 5.37. The summed E-state index contributed by atoms with van der Waals surface area (Å²) < 4.78 is 14.1. The summed E-state index contributed by atoms with van der Waals surface area (Å²) in [6, 6.07) is 28.0. The van der Waals surface area contributed by atoms with Crippen LogP contribution in [0.25, 0.3) is 26.2 Å². The molecule has 0 saturated heterocycles. The molecule has 0 saturated carbocycles. The molecule has 0 N–H and O–H groups in total. The van der Waals surface area contributed by atoms with Crippen LogP contribution in [0.2, 0.25) is 0 Å². The Hall–Kier alpha value is -4.06. The molecule has 2 unspecified atom stereocenters. The van der Waals surface area contributed by atoms with Crippen molar-refractivity contribution in [2.24, 2.45) is 0 Å². The number of carbonyl (C=O) groups is 1. The Morgan fingerprint density at radius 3 is 2.44 bits per heavy atom. The van der Waals surface area contributed by atoms with Gasteiger partial charge in [0.1, 0.15) is 18.0 Å². The molecule has 0 aliphatic rings. The van der Waals surface area contributed by atoms with Crippen molar-refractivity contribution in [3.63, 3.8) is 0 Å². The van der Waals surface area contributed by atoms with Gasteiger partial charge in [0, 0.05) is 26.8 Å². The number of aryl methyl sites for hydroxylation is 3. The summed E-state index contributed by atoms with van der Waals surface area (Å²) >= 11 is 1.63. The van der Waals surface area contributed by atoms with Gasteiger partial charge in [0.15, 0.2) is 11.2 Å². The van der Waals surface area contributed by atoms with Crippen LogP contribution in [-0.4, -0.2) is 18.5 Å². The van der Waals surface area contributed by atoms with Crippen molar-refractivity contribution in [2.75, 3.05) is 6.61 Å². The number of hydrogen-bond donors (Lipinski definition) is 0. The number of fused-ring (bicyclic) bond motifs is 2. The van der Waals surface area contributed by atoms with Crippen molar-refractivity contribution in [1.29, 1.82) is 0 Å². The molecule has 5 heteroatoms. The predicted molar refractivity (Wildman–Crippen MR) is 179 cm³/mol. The second-order valence-corrected chi connectivity index (χ2v) is 12.1. The normalized spacial score (nSPS) is 13.0. The Balaban J connectivity index is 1.15. The largest absolute Gasteiger partial charge is 0.486 e. The number of benzene rings is 4. The van der Waals surface area contributed by atoms with Gasteiger partial charge in [-0.1, -0.05) is 67.1 Å². The minimum absolute atomic E-state index is 0.0516. The maximum atomic E-state index is 13.0. The first-order valence-corrected chi connectivity index (χ1v) is 15.8. The third kappa shape index (κ3) is 7.48. The molecule has 2 atom stereocenters. The van der Waals surface area contributed by atoms with Gasteiger partial charge < -0.3 is 9.47 Å². The van der Waals surface area contributed by atoms with Gasteiger partial charge in [0.25, 0.3) is 0 Å². The Kier molecular flexibility index (Phi) is 9.86. The molecule has 0 fully saturated rings. The minimum atomic E-state index is -0.484. The fraction of sp³-hybridized carbons (Fsp3) is 0.263. The standard InChI is InChI=1S/C38H38O4S/c1-5-35(30-17-20-33-37(24-30)43-36-11-7-6-10-32(36)38(33)40)42-31-18-13-28(14-19-31)15-21-34(39)27(4)41-22-8-9-29-16-12-25(2)23-26(29)3/h6-7,10-21,23-24,27,35H,5,8-9,22H2,1-4H3/b21-15-. The van der Waals surface area contributed by atoms with E-state index in [-0.39, 0.29) is 17.3 Å². The number of hydrogen-bond acceptors (Lipinski definition) is 5. The van der Waals surface area contributed by atoms with Crippen molar-refractivity contribution in [3.05, 3.63) is 129 Å². The SMILES string of the molecule is CCC(Oc1ccc(/C=C\C(=O)C(C)OCCCc2ccc(C)cc2C)cc1)c1ccc2c(=O)c3ccccc3sc2c1. The second-order valence-electron chi connectivity index (χ2n) is 11.0. The number of ether oxygens (including phenoxy) is 2. The molecule has 4 aromatic carbocycles. The first kappa shape index (κ1) is 30.4. The molecular formula is C38H38O4S. The highest BCUT2D eigenvalue weighted by Crippen LogP contribution is 2.30. The van der Waals surface area contributed by atoms with Crippen LogP contribution < -0.4 is 10.2 Å². The van der Waals surface area contributed by atoms with E-state index in [0.717, 1.165) is 56.3 Å². The molecule has 0 aliphatic carbocycles. The van der Waals surface area contributed by atoms with Crippen molar-refractivity contribution in [1.82, 2.24) is 0 Å². The van der Waals surface area contributed by atoms with Gasteiger partial charge >= 0.3 is 0 Å². The summed E-state index contributed by atoms with van der Waals surface area (Å²) in [5.74, 6) is 0.701. The van der Waals surface area contributed by atoms with Gasteiger partial charge in [-0.05, 0) is 105 Å². The quantitative estimate of drug-likeness (QED) is 0.0826. The maximum Gasteiger partial charge on any atom is 0.195 e. The second kappa shape index (κ2) is 13.9. The summed E-state index contributed by atoms with van der Waals surface area (Å²) in [4.78, 5) is 25.6. The Morgan fingerprint density at radius 2 is 1.67 bits per heavy atom.